The first-order valence-corrected chi connectivity index (χ1v) is 4.80. The first-order chi connectivity index (χ1) is 8.02. The molecule has 1 aromatic rings. The van der Waals surface area contributed by atoms with E-state index in [0.717, 1.165) is 0 Å². The smallest absolute Gasteiger partial charge is 0.322 e. The molecule has 7 heteroatoms. The molecule has 0 fully saturated rings. The van der Waals surface area contributed by atoms with Crippen LogP contribution in [0.3, 0.4) is 0 Å². The molecule has 0 aliphatic carbocycles. The minimum absolute atomic E-state index is 0.0435. The van der Waals surface area contributed by atoms with Crippen LogP contribution in [-0.2, 0) is 16.1 Å². The second-order valence-electron chi connectivity index (χ2n) is 3.35. The van der Waals surface area contributed by atoms with Crippen molar-refractivity contribution in [2.75, 3.05) is 6.61 Å². The van der Waals surface area contributed by atoms with Crippen LogP contribution in [0, 0.1) is 10.1 Å². The number of aliphatic carboxylic acids is 1. The zero-order valence-corrected chi connectivity index (χ0v) is 8.91. The minimum Gasteiger partial charge on any atom is -0.480 e. The Morgan fingerprint density at radius 1 is 1.53 bits per heavy atom. The molecule has 0 saturated carbocycles. The van der Waals surface area contributed by atoms with Crippen molar-refractivity contribution >= 4 is 11.7 Å². The van der Waals surface area contributed by atoms with Crippen molar-refractivity contribution in [3.05, 3.63) is 39.9 Å². The van der Waals surface area contributed by atoms with Crippen molar-refractivity contribution in [3.8, 4) is 0 Å². The van der Waals surface area contributed by atoms with Gasteiger partial charge < -0.3 is 15.6 Å². The van der Waals surface area contributed by atoms with Crippen LogP contribution in [0.15, 0.2) is 24.3 Å². The Balaban J connectivity index is 2.58. The lowest BCUT2D eigenvalue weighted by Gasteiger charge is -2.07. The Hall–Kier alpha value is -1.99. The van der Waals surface area contributed by atoms with E-state index in [2.05, 4.69) is 0 Å². The highest BCUT2D eigenvalue weighted by Gasteiger charge is 2.14. The number of nitro benzene ring substituents is 1. The van der Waals surface area contributed by atoms with Gasteiger partial charge in [0.1, 0.15) is 6.04 Å². The third kappa shape index (κ3) is 3.82. The van der Waals surface area contributed by atoms with Gasteiger partial charge in [-0.05, 0) is 6.07 Å². The predicted molar refractivity (Wildman–Crippen MR) is 58.4 cm³/mol. The van der Waals surface area contributed by atoms with Gasteiger partial charge in [-0.2, -0.15) is 0 Å². The lowest BCUT2D eigenvalue weighted by atomic mass is 10.2. The average molecular weight is 240 g/mol. The number of nitrogens with two attached hydrogens (primary N) is 1. The first kappa shape index (κ1) is 13.1. The fourth-order valence-electron chi connectivity index (χ4n) is 1.18. The Bertz CT molecular complexity index is 421. The fourth-order valence-corrected chi connectivity index (χ4v) is 1.18. The highest BCUT2D eigenvalue weighted by molar-refractivity contribution is 5.73. The standard InChI is InChI=1S/C10H12N2O5/c11-8(10(13)14)6-17-5-7-3-1-2-4-9(7)12(15)16/h1-4,8H,5-6,11H2,(H,13,14). The quantitative estimate of drug-likeness (QED) is 0.553. The topological polar surface area (TPSA) is 116 Å². The molecule has 0 heterocycles. The minimum atomic E-state index is -1.17. The monoisotopic (exact) mass is 240 g/mol. The molecular weight excluding hydrogens is 228 g/mol. The zero-order valence-electron chi connectivity index (χ0n) is 8.91. The highest BCUT2D eigenvalue weighted by atomic mass is 16.6. The van der Waals surface area contributed by atoms with Crippen LogP contribution in [0.2, 0.25) is 0 Å². The molecule has 1 rings (SSSR count). The summed E-state index contributed by atoms with van der Waals surface area (Å²) in [5, 5.41) is 19.2. The molecule has 0 amide bonds. The molecule has 7 nitrogen and oxygen atoms in total. The predicted octanol–water partition coefficient (Wildman–Crippen LogP) is 0.523. The number of nitro groups is 1. The molecule has 0 spiro atoms. The number of carboxylic acids is 1. The Morgan fingerprint density at radius 3 is 2.76 bits per heavy atom. The number of carboxylic acid groups (broad SMARTS) is 1. The summed E-state index contributed by atoms with van der Waals surface area (Å²) in [4.78, 5) is 20.5. The molecule has 92 valence electrons. The molecule has 0 radical (unpaired) electrons. The maximum absolute atomic E-state index is 10.7. The van der Waals surface area contributed by atoms with Gasteiger partial charge in [-0.1, -0.05) is 12.1 Å². The van der Waals surface area contributed by atoms with Crippen LogP contribution in [0.4, 0.5) is 5.69 Å². The van der Waals surface area contributed by atoms with Crippen LogP contribution in [-0.4, -0.2) is 28.6 Å². The first-order valence-electron chi connectivity index (χ1n) is 4.80. The van der Waals surface area contributed by atoms with Crippen molar-refractivity contribution in [1.82, 2.24) is 0 Å². The molecule has 0 aliphatic heterocycles. The summed E-state index contributed by atoms with van der Waals surface area (Å²) in [7, 11) is 0. The SMILES string of the molecule is NC(COCc1ccccc1[N+](=O)[O-])C(=O)O. The summed E-state index contributed by atoms with van der Waals surface area (Å²) in [6.07, 6.45) is 0. The van der Waals surface area contributed by atoms with Gasteiger partial charge >= 0.3 is 5.97 Å². The van der Waals surface area contributed by atoms with Gasteiger partial charge in [0, 0.05) is 6.07 Å². The summed E-state index contributed by atoms with van der Waals surface area (Å²) in [5.74, 6) is -1.17. The van der Waals surface area contributed by atoms with Crippen LogP contribution in [0.25, 0.3) is 0 Å². The number of nitrogens with zero attached hydrogens (tertiary/aromatic N) is 1. The summed E-state index contributed by atoms with van der Waals surface area (Å²) >= 11 is 0. The molecule has 0 aromatic heterocycles. The van der Waals surface area contributed by atoms with E-state index in [-0.39, 0.29) is 18.9 Å². The Labute approximate surface area is 97.0 Å². The number of ether oxygens (including phenoxy) is 1. The van der Waals surface area contributed by atoms with Crippen LogP contribution in [0.5, 0.6) is 0 Å². The van der Waals surface area contributed by atoms with Crippen LogP contribution < -0.4 is 5.73 Å². The molecule has 1 atom stereocenters. The van der Waals surface area contributed by atoms with Gasteiger partial charge in [-0.3, -0.25) is 14.9 Å². The van der Waals surface area contributed by atoms with Gasteiger partial charge in [0.25, 0.3) is 5.69 Å². The number of para-hydroxylation sites is 1. The molecule has 3 N–H and O–H groups in total. The summed E-state index contributed by atoms with van der Waals surface area (Å²) in [6, 6.07) is 4.96. The average Bonchev–Trinajstić information content (AvgIpc) is 2.29. The second kappa shape index (κ2) is 5.92. The fraction of sp³-hybridized carbons (Fsp3) is 0.300. The molecule has 0 saturated heterocycles. The number of carbonyl (C=O) groups is 1. The molecule has 1 aromatic carbocycles. The highest BCUT2D eigenvalue weighted by Crippen LogP contribution is 2.18. The van der Waals surface area contributed by atoms with Crippen molar-refractivity contribution in [2.45, 2.75) is 12.6 Å². The van der Waals surface area contributed by atoms with E-state index in [1.807, 2.05) is 0 Å². The van der Waals surface area contributed by atoms with E-state index in [1.54, 1.807) is 18.2 Å². The summed E-state index contributed by atoms with van der Waals surface area (Å²) in [5.41, 5.74) is 5.55. The number of hydrogen-bond acceptors (Lipinski definition) is 5. The van der Waals surface area contributed by atoms with Crippen molar-refractivity contribution in [3.63, 3.8) is 0 Å². The van der Waals surface area contributed by atoms with Gasteiger partial charge in [0.05, 0.1) is 23.7 Å². The molecule has 0 bridgehead atoms. The van der Waals surface area contributed by atoms with Crippen molar-refractivity contribution < 1.29 is 19.6 Å². The third-order valence-corrected chi connectivity index (χ3v) is 2.06. The summed E-state index contributed by atoms with van der Waals surface area (Å²) < 4.78 is 5.02. The van der Waals surface area contributed by atoms with E-state index in [4.69, 9.17) is 15.6 Å². The van der Waals surface area contributed by atoms with Gasteiger partial charge in [0.2, 0.25) is 0 Å². The Kier molecular flexibility index (Phi) is 4.56. The molecule has 17 heavy (non-hydrogen) atoms. The van der Waals surface area contributed by atoms with Crippen molar-refractivity contribution in [2.24, 2.45) is 5.73 Å². The normalized spacial score (nSPS) is 12.1. The van der Waals surface area contributed by atoms with E-state index in [9.17, 15) is 14.9 Å². The molecule has 1 unspecified atom stereocenters. The maximum Gasteiger partial charge on any atom is 0.322 e. The lowest BCUT2D eigenvalue weighted by Crippen LogP contribution is -2.34. The van der Waals surface area contributed by atoms with Gasteiger partial charge in [-0.15, -0.1) is 0 Å². The lowest BCUT2D eigenvalue weighted by molar-refractivity contribution is -0.385. The second-order valence-corrected chi connectivity index (χ2v) is 3.35. The molecular formula is C10H12N2O5. The zero-order chi connectivity index (χ0) is 12.8. The maximum atomic E-state index is 10.7. The Morgan fingerprint density at radius 2 is 2.18 bits per heavy atom. The third-order valence-electron chi connectivity index (χ3n) is 2.06. The van der Waals surface area contributed by atoms with E-state index in [0.29, 0.717) is 5.56 Å². The number of rotatable bonds is 6. The number of hydrogen-bond donors (Lipinski definition) is 2. The van der Waals surface area contributed by atoms with Crippen molar-refractivity contribution in [1.29, 1.82) is 0 Å². The van der Waals surface area contributed by atoms with E-state index in [1.165, 1.54) is 6.07 Å². The largest absolute Gasteiger partial charge is 0.480 e. The van der Waals surface area contributed by atoms with E-state index < -0.39 is 16.9 Å². The number of benzene rings is 1. The van der Waals surface area contributed by atoms with Crippen LogP contribution >= 0.6 is 0 Å². The van der Waals surface area contributed by atoms with Gasteiger partial charge in [-0.25, -0.2) is 0 Å². The molecule has 0 aliphatic rings. The van der Waals surface area contributed by atoms with Crippen LogP contribution in [0.1, 0.15) is 5.56 Å². The van der Waals surface area contributed by atoms with Gasteiger partial charge in [0.15, 0.2) is 0 Å². The summed E-state index contributed by atoms with van der Waals surface area (Å²) in [6.45, 7) is -0.237. The van der Waals surface area contributed by atoms with E-state index >= 15 is 0 Å².